The molecule has 5 heterocycles. The maximum Gasteiger partial charge on any atom is 0.327 e. The van der Waals surface area contributed by atoms with Crippen molar-refractivity contribution in [3.63, 3.8) is 0 Å². The molecule has 3 atom stereocenters. The Kier molecular flexibility index (Phi) is 9.77. The molecule has 0 spiro atoms. The topological polar surface area (TPSA) is 137 Å². The molecule has 11 nitrogen and oxygen atoms in total. The highest BCUT2D eigenvalue weighted by Crippen LogP contribution is 2.51. The monoisotopic (exact) mass is 706 g/mol. The number of hydrogen-bond donors (Lipinski definition) is 2. The summed E-state index contributed by atoms with van der Waals surface area (Å²) in [4.78, 5) is 49.2. The number of rotatable bonds is 8. The maximum absolute atomic E-state index is 13.9. The predicted octanol–water partition coefficient (Wildman–Crippen LogP) is 6.57. The van der Waals surface area contributed by atoms with E-state index in [-0.39, 0.29) is 34.9 Å². The summed E-state index contributed by atoms with van der Waals surface area (Å²) in [6, 6.07) is 17.9. The van der Waals surface area contributed by atoms with E-state index in [0.29, 0.717) is 67.2 Å². The Labute approximate surface area is 302 Å². The summed E-state index contributed by atoms with van der Waals surface area (Å²) in [6.07, 6.45) is 6.69. The molecule has 264 valence electrons. The molecule has 2 aromatic carbocycles. The van der Waals surface area contributed by atoms with Gasteiger partial charge >= 0.3 is 6.03 Å². The summed E-state index contributed by atoms with van der Waals surface area (Å²) < 4.78 is 11.5. The average molecular weight is 707 g/mol. The van der Waals surface area contributed by atoms with Gasteiger partial charge in [-0.25, -0.2) is 9.78 Å². The molecule has 2 saturated heterocycles. The first-order chi connectivity index (χ1) is 24.6. The number of urea groups is 1. The van der Waals surface area contributed by atoms with Crippen molar-refractivity contribution in [1.29, 1.82) is 5.26 Å². The van der Waals surface area contributed by atoms with E-state index in [9.17, 15) is 19.6 Å². The van der Waals surface area contributed by atoms with Crippen molar-refractivity contribution >= 4 is 41.0 Å². The standard InChI is InChI=1S/C39H42N6O5S/c1-24-20-29(50-28-9-5-4-6-10-28)11-12-30(24)45-31-13-16-41-36-32(31)33(43-38(45)48)34(51-36)35(46)42-27-8-7-17-44(23-27)37(47)25(22-40)21-39(2,3)26-14-18-49-19-15-26/h4-6,9-13,16,20-21,26-27,33-34H,7-8,14-15,17-19,23H2,1-3H3,(H,42,46)(H,43,48)/b25-21+/t27?,33?,34-/m1/s1. The number of nitrogens with zero attached hydrogens (tertiary/aromatic N) is 4. The van der Waals surface area contributed by atoms with Crippen LogP contribution in [-0.4, -0.2) is 65.3 Å². The Bertz CT molecular complexity index is 1900. The van der Waals surface area contributed by atoms with E-state index in [1.807, 2.05) is 67.6 Å². The van der Waals surface area contributed by atoms with Crippen molar-refractivity contribution < 1.29 is 23.9 Å². The maximum atomic E-state index is 13.9. The molecule has 2 unspecified atom stereocenters. The lowest BCUT2D eigenvalue weighted by atomic mass is 9.73. The van der Waals surface area contributed by atoms with E-state index < -0.39 is 11.3 Å². The molecule has 0 bridgehead atoms. The summed E-state index contributed by atoms with van der Waals surface area (Å²) in [6.45, 7) is 8.29. The fourth-order valence-corrected chi connectivity index (χ4v) is 8.87. The summed E-state index contributed by atoms with van der Waals surface area (Å²) in [7, 11) is 0. The molecule has 2 fully saturated rings. The first-order valence-corrected chi connectivity index (χ1v) is 18.4. The lowest BCUT2D eigenvalue weighted by Gasteiger charge is -2.37. The fraction of sp³-hybridized carbons (Fsp3) is 0.410. The Balaban J connectivity index is 1.04. The number of thioether (sulfide) groups is 1. The number of benzene rings is 2. The van der Waals surface area contributed by atoms with Gasteiger partial charge in [-0.05, 0) is 85.9 Å². The largest absolute Gasteiger partial charge is 0.457 e. The van der Waals surface area contributed by atoms with Crippen LogP contribution >= 0.6 is 11.8 Å². The first-order valence-electron chi connectivity index (χ1n) is 17.5. The van der Waals surface area contributed by atoms with Gasteiger partial charge in [-0.1, -0.05) is 49.9 Å². The molecule has 0 radical (unpaired) electrons. The summed E-state index contributed by atoms with van der Waals surface area (Å²) in [5.41, 5.74) is 2.86. The zero-order valence-corrected chi connectivity index (χ0v) is 29.9. The third kappa shape index (κ3) is 7.05. The quantitative estimate of drug-likeness (QED) is 0.198. The van der Waals surface area contributed by atoms with Gasteiger partial charge in [-0.3, -0.25) is 14.5 Å². The van der Waals surface area contributed by atoms with E-state index in [4.69, 9.17) is 9.47 Å². The number of allylic oxidation sites excluding steroid dienone is 1. The van der Waals surface area contributed by atoms with Crippen LogP contribution in [0.15, 0.2) is 77.5 Å². The number of para-hydroxylation sites is 1. The zero-order valence-electron chi connectivity index (χ0n) is 29.1. The number of likely N-dealkylation sites (tertiary alicyclic amines) is 1. The van der Waals surface area contributed by atoms with E-state index in [0.717, 1.165) is 29.7 Å². The summed E-state index contributed by atoms with van der Waals surface area (Å²) in [5.74, 6) is 1.18. The molecular weight excluding hydrogens is 665 g/mol. The van der Waals surface area contributed by atoms with Crippen LogP contribution in [0.4, 0.5) is 16.2 Å². The van der Waals surface area contributed by atoms with Gasteiger partial charge in [0.2, 0.25) is 5.91 Å². The number of ether oxygens (including phenoxy) is 2. The average Bonchev–Trinajstić information content (AvgIpc) is 3.51. The highest BCUT2D eigenvalue weighted by Gasteiger charge is 2.47. The van der Waals surface area contributed by atoms with Crippen molar-refractivity contribution in [2.45, 2.75) is 68.8 Å². The van der Waals surface area contributed by atoms with Crippen LogP contribution in [0.3, 0.4) is 0 Å². The number of aromatic nitrogens is 1. The summed E-state index contributed by atoms with van der Waals surface area (Å²) >= 11 is 1.34. The number of nitriles is 1. The highest BCUT2D eigenvalue weighted by atomic mass is 32.2. The van der Waals surface area contributed by atoms with Crippen molar-refractivity contribution in [2.24, 2.45) is 11.3 Å². The molecule has 0 aliphatic carbocycles. The Morgan fingerprint density at radius 2 is 1.88 bits per heavy atom. The van der Waals surface area contributed by atoms with Gasteiger partial charge in [0.25, 0.3) is 5.91 Å². The minimum absolute atomic E-state index is 0.141. The van der Waals surface area contributed by atoms with Crippen LogP contribution in [0, 0.1) is 29.6 Å². The number of carbonyl (C=O) groups excluding carboxylic acids is 3. The molecule has 12 heteroatoms. The van der Waals surface area contributed by atoms with Crippen LogP contribution in [-0.2, 0) is 14.3 Å². The van der Waals surface area contributed by atoms with Gasteiger partial charge in [0.1, 0.15) is 33.4 Å². The SMILES string of the molecule is Cc1cc(Oc2ccccc2)ccc1N1C(=O)NC2c3c1ccnc3S[C@H]2C(=O)NC1CCCN(C(=O)/C(C#N)=C/C(C)(C)C2CCOCC2)C1. The molecule has 7 rings (SSSR count). The molecule has 4 aliphatic heterocycles. The lowest BCUT2D eigenvalue weighted by molar-refractivity contribution is -0.129. The third-order valence-corrected chi connectivity index (χ3v) is 11.6. The van der Waals surface area contributed by atoms with Crippen molar-refractivity contribution in [3.8, 4) is 17.6 Å². The molecule has 3 aromatic rings. The minimum atomic E-state index is -0.636. The van der Waals surface area contributed by atoms with Crippen molar-refractivity contribution in [2.75, 3.05) is 31.2 Å². The molecule has 51 heavy (non-hydrogen) atoms. The number of aryl methyl sites for hydroxylation is 1. The van der Waals surface area contributed by atoms with Crippen molar-refractivity contribution in [3.05, 3.63) is 83.6 Å². The number of anilines is 2. The van der Waals surface area contributed by atoms with Gasteiger partial charge < -0.3 is 25.0 Å². The van der Waals surface area contributed by atoms with E-state index in [2.05, 4.69) is 35.5 Å². The smallest absolute Gasteiger partial charge is 0.327 e. The predicted molar refractivity (Wildman–Crippen MR) is 194 cm³/mol. The fourth-order valence-electron chi connectivity index (χ4n) is 7.64. The van der Waals surface area contributed by atoms with Crippen LogP contribution in [0.5, 0.6) is 11.5 Å². The van der Waals surface area contributed by atoms with Gasteiger partial charge in [0.15, 0.2) is 0 Å². The third-order valence-electron chi connectivity index (χ3n) is 10.3. The van der Waals surface area contributed by atoms with Crippen LogP contribution in [0.2, 0.25) is 0 Å². The van der Waals surface area contributed by atoms with Gasteiger partial charge in [0.05, 0.1) is 17.4 Å². The molecule has 4 amide bonds. The van der Waals surface area contributed by atoms with Crippen molar-refractivity contribution in [1.82, 2.24) is 20.5 Å². The zero-order chi connectivity index (χ0) is 35.7. The van der Waals surface area contributed by atoms with E-state index >= 15 is 0 Å². The highest BCUT2D eigenvalue weighted by molar-refractivity contribution is 8.01. The van der Waals surface area contributed by atoms with Gasteiger partial charge in [0, 0.05) is 44.1 Å². The van der Waals surface area contributed by atoms with Crippen LogP contribution in [0.1, 0.15) is 56.7 Å². The number of pyridine rings is 1. The molecule has 1 aromatic heterocycles. The van der Waals surface area contributed by atoms with Gasteiger partial charge in [-0.2, -0.15) is 5.26 Å². The summed E-state index contributed by atoms with van der Waals surface area (Å²) in [5, 5.41) is 16.3. The molecule has 2 N–H and O–H groups in total. The molecular formula is C39H42N6O5S. The Morgan fingerprint density at radius 3 is 2.63 bits per heavy atom. The lowest BCUT2D eigenvalue weighted by Crippen LogP contribution is -2.54. The normalized spacial score (nSPS) is 22.1. The number of piperidine rings is 1. The minimum Gasteiger partial charge on any atom is -0.457 e. The second-order valence-corrected chi connectivity index (χ2v) is 15.3. The number of amides is 4. The van der Waals surface area contributed by atoms with E-state index in [1.165, 1.54) is 11.8 Å². The number of nitrogens with one attached hydrogen (secondary N) is 2. The Morgan fingerprint density at radius 1 is 1.10 bits per heavy atom. The first kappa shape index (κ1) is 34.6. The second kappa shape index (κ2) is 14.4. The molecule has 0 saturated carbocycles. The number of carbonyl (C=O) groups is 3. The second-order valence-electron chi connectivity index (χ2n) is 14.2. The molecule has 4 aliphatic rings. The van der Waals surface area contributed by atoms with E-state index in [1.54, 1.807) is 16.0 Å². The van der Waals surface area contributed by atoms with Crippen LogP contribution < -0.4 is 20.3 Å². The van der Waals surface area contributed by atoms with Crippen LogP contribution in [0.25, 0.3) is 0 Å². The number of hydrogen-bond acceptors (Lipinski definition) is 8. The Hall–Kier alpha value is -4.86. The van der Waals surface area contributed by atoms with Gasteiger partial charge in [-0.15, -0.1) is 0 Å².